The SMILES string of the molecule is C=CC(=O)OCC(O)COC(=O)NCCCCCCNC(=O)OCC(O)COC(=O)C=C. The number of aliphatic hydroxyl groups is 2. The quantitative estimate of drug-likeness (QED) is 0.102. The van der Waals surface area contributed by atoms with Gasteiger partial charge in [0.2, 0.25) is 0 Å². The molecule has 0 aliphatic heterocycles. The van der Waals surface area contributed by atoms with Crippen molar-refractivity contribution in [3.8, 4) is 0 Å². The van der Waals surface area contributed by atoms with E-state index in [0.29, 0.717) is 25.9 Å². The Morgan fingerprint density at radius 1 is 0.656 bits per heavy atom. The van der Waals surface area contributed by atoms with E-state index >= 15 is 0 Å². The highest BCUT2D eigenvalue weighted by Crippen LogP contribution is 1.99. The smallest absolute Gasteiger partial charge is 0.407 e. The van der Waals surface area contributed by atoms with Crippen molar-refractivity contribution in [2.75, 3.05) is 39.5 Å². The Balaban J connectivity index is 3.55. The number of ether oxygens (including phenoxy) is 4. The van der Waals surface area contributed by atoms with Crippen LogP contribution in [0.15, 0.2) is 25.3 Å². The Hall–Kier alpha value is -3.12. The lowest BCUT2D eigenvalue weighted by Gasteiger charge is -2.12. The number of hydrogen-bond acceptors (Lipinski definition) is 10. The fraction of sp³-hybridized carbons (Fsp3) is 0.600. The lowest BCUT2D eigenvalue weighted by molar-refractivity contribution is -0.142. The summed E-state index contributed by atoms with van der Waals surface area (Å²) in [5, 5.41) is 24.0. The Kier molecular flexibility index (Phi) is 16.8. The van der Waals surface area contributed by atoms with Gasteiger partial charge in [0.1, 0.15) is 38.6 Å². The van der Waals surface area contributed by atoms with E-state index in [1.54, 1.807) is 0 Å². The van der Waals surface area contributed by atoms with Gasteiger partial charge in [0.05, 0.1) is 0 Å². The van der Waals surface area contributed by atoms with Gasteiger partial charge in [-0.15, -0.1) is 0 Å². The van der Waals surface area contributed by atoms with Crippen LogP contribution >= 0.6 is 0 Å². The standard InChI is InChI=1S/C20H32N2O10/c1-3-17(25)29-11-15(23)13-31-19(27)21-9-7-5-6-8-10-22-20(28)32-14-16(24)12-30-18(26)4-2/h3-4,15-16,23-24H,1-2,5-14H2,(H,21,27)(H,22,28). The molecule has 182 valence electrons. The van der Waals surface area contributed by atoms with Gasteiger partial charge in [-0.3, -0.25) is 0 Å². The number of alkyl carbamates (subject to hydrolysis) is 2. The zero-order valence-electron chi connectivity index (χ0n) is 18.0. The Labute approximate surface area is 186 Å². The highest BCUT2D eigenvalue weighted by molar-refractivity contribution is 5.81. The van der Waals surface area contributed by atoms with Crippen LogP contribution in [0.1, 0.15) is 25.7 Å². The highest BCUT2D eigenvalue weighted by atomic mass is 16.6. The molecule has 0 saturated heterocycles. The molecular weight excluding hydrogens is 428 g/mol. The van der Waals surface area contributed by atoms with Crippen molar-refractivity contribution in [3.63, 3.8) is 0 Å². The number of aliphatic hydroxyl groups excluding tert-OH is 2. The number of esters is 2. The summed E-state index contributed by atoms with van der Waals surface area (Å²) in [6.07, 6.45) is 1.27. The van der Waals surface area contributed by atoms with Gasteiger partial charge in [0.25, 0.3) is 0 Å². The van der Waals surface area contributed by atoms with Crippen molar-refractivity contribution in [1.29, 1.82) is 0 Å². The monoisotopic (exact) mass is 460 g/mol. The first-order chi connectivity index (χ1) is 15.3. The minimum atomic E-state index is -1.12. The van der Waals surface area contributed by atoms with E-state index in [0.717, 1.165) is 25.0 Å². The summed E-state index contributed by atoms with van der Waals surface area (Å²) in [5.41, 5.74) is 0. The predicted molar refractivity (Wildman–Crippen MR) is 111 cm³/mol. The molecule has 12 nitrogen and oxygen atoms in total. The van der Waals surface area contributed by atoms with Crippen LogP contribution in [-0.2, 0) is 28.5 Å². The van der Waals surface area contributed by atoms with Crippen molar-refractivity contribution in [3.05, 3.63) is 25.3 Å². The van der Waals surface area contributed by atoms with Crippen LogP contribution in [0.25, 0.3) is 0 Å². The van der Waals surface area contributed by atoms with E-state index < -0.39 is 36.3 Å². The first kappa shape index (κ1) is 28.9. The lowest BCUT2D eigenvalue weighted by Crippen LogP contribution is -2.31. The molecule has 0 aliphatic rings. The van der Waals surface area contributed by atoms with Gasteiger partial charge in [0.15, 0.2) is 0 Å². The van der Waals surface area contributed by atoms with Crippen LogP contribution < -0.4 is 10.6 Å². The highest BCUT2D eigenvalue weighted by Gasteiger charge is 2.11. The number of hydrogen-bond donors (Lipinski definition) is 4. The fourth-order valence-electron chi connectivity index (χ4n) is 2.00. The average Bonchev–Trinajstić information content (AvgIpc) is 2.79. The molecule has 32 heavy (non-hydrogen) atoms. The molecule has 4 N–H and O–H groups in total. The second kappa shape index (κ2) is 18.6. The van der Waals surface area contributed by atoms with Gasteiger partial charge < -0.3 is 39.8 Å². The van der Waals surface area contributed by atoms with E-state index in [1.165, 1.54) is 0 Å². The minimum Gasteiger partial charge on any atom is -0.460 e. The zero-order valence-corrected chi connectivity index (χ0v) is 18.0. The largest absolute Gasteiger partial charge is 0.460 e. The van der Waals surface area contributed by atoms with Crippen LogP contribution in [0, 0.1) is 0 Å². The van der Waals surface area contributed by atoms with E-state index in [-0.39, 0.29) is 26.4 Å². The topological polar surface area (TPSA) is 170 Å². The van der Waals surface area contributed by atoms with E-state index in [1.807, 2.05) is 0 Å². The summed E-state index contributed by atoms with van der Waals surface area (Å²) >= 11 is 0. The molecule has 12 heteroatoms. The van der Waals surface area contributed by atoms with Crippen molar-refractivity contribution in [2.24, 2.45) is 0 Å². The summed E-state index contributed by atoms with van der Waals surface area (Å²) < 4.78 is 18.8. The van der Waals surface area contributed by atoms with Crippen LogP contribution in [0.5, 0.6) is 0 Å². The number of nitrogens with one attached hydrogen (secondary N) is 2. The third-order valence-corrected chi connectivity index (χ3v) is 3.63. The molecule has 0 radical (unpaired) electrons. The van der Waals surface area contributed by atoms with Crippen LogP contribution in [0.4, 0.5) is 9.59 Å². The molecule has 0 saturated carbocycles. The van der Waals surface area contributed by atoms with Crippen LogP contribution in [-0.4, -0.2) is 86.1 Å². The van der Waals surface area contributed by atoms with Gasteiger partial charge in [-0.25, -0.2) is 19.2 Å². The predicted octanol–water partition coefficient (Wildman–Crippen LogP) is 0.179. The van der Waals surface area contributed by atoms with Crippen molar-refractivity contribution < 1.29 is 48.3 Å². The summed E-state index contributed by atoms with van der Waals surface area (Å²) in [4.78, 5) is 44.6. The van der Waals surface area contributed by atoms with Crippen LogP contribution in [0.2, 0.25) is 0 Å². The minimum absolute atomic E-state index is 0.300. The molecule has 0 aromatic rings. The molecule has 0 rings (SSSR count). The molecule has 0 fully saturated rings. The van der Waals surface area contributed by atoms with E-state index in [4.69, 9.17) is 9.47 Å². The van der Waals surface area contributed by atoms with Crippen molar-refractivity contribution >= 4 is 24.1 Å². The van der Waals surface area contributed by atoms with Gasteiger partial charge in [-0.05, 0) is 12.8 Å². The molecule has 0 aliphatic carbocycles. The summed E-state index contributed by atoms with van der Waals surface area (Å²) in [6.45, 7) is 5.96. The number of rotatable bonds is 17. The van der Waals surface area contributed by atoms with Crippen molar-refractivity contribution in [1.82, 2.24) is 10.6 Å². The first-order valence-electron chi connectivity index (χ1n) is 10.0. The van der Waals surface area contributed by atoms with Gasteiger partial charge >= 0.3 is 24.1 Å². The molecule has 0 bridgehead atoms. The van der Waals surface area contributed by atoms with Gasteiger partial charge in [-0.2, -0.15) is 0 Å². The van der Waals surface area contributed by atoms with E-state index in [9.17, 15) is 29.4 Å². The lowest BCUT2D eigenvalue weighted by atomic mass is 10.2. The number of unbranched alkanes of at least 4 members (excludes halogenated alkanes) is 3. The second-order valence-corrected chi connectivity index (χ2v) is 6.44. The summed E-state index contributed by atoms with van der Waals surface area (Å²) in [7, 11) is 0. The van der Waals surface area contributed by atoms with Crippen molar-refractivity contribution in [2.45, 2.75) is 37.9 Å². The summed E-state index contributed by atoms with van der Waals surface area (Å²) in [5.74, 6) is -1.36. The molecule has 2 unspecified atom stereocenters. The maximum Gasteiger partial charge on any atom is 0.407 e. The van der Waals surface area contributed by atoms with E-state index in [2.05, 4.69) is 33.3 Å². The number of carbonyl (C=O) groups is 4. The molecule has 2 amide bonds. The van der Waals surface area contributed by atoms with Crippen LogP contribution in [0.3, 0.4) is 0 Å². The Bertz CT molecular complexity index is 559. The molecule has 0 heterocycles. The Morgan fingerprint density at radius 3 is 1.34 bits per heavy atom. The fourth-order valence-corrected chi connectivity index (χ4v) is 2.00. The maximum absolute atomic E-state index is 11.5. The third-order valence-electron chi connectivity index (χ3n) is 3.63. The van der Waals surface area contributed by atoms with Gasteiger partial charge in [0, 0.05) is 25.2 Å². The molecule has 0 aromatic heterocycles. The Morgan fingerprint density at radius 2 is 1.00 bits per heavy atom. The molecule has 0 spiro atoms. The first-order valence-corrected chi connectivity index (χ1v) is 10.0. The third kappa shape index (κ3) is 17.7. The number of carbonyl (C=O) groups excluding carboxylic acids is 4. The second-order valence-electron chi connectivity index (χ2n) is 6.44. The van der Waals surface area contributed by atoms with Gasteiger partial charge in [-0.1, -0.05) is 26.0 Å². The molecule has 0 aromatic carbocycles. The number of amides is 2. The zero-order chi connectivity index (χ0) is 24.2. The normalized spacial score (nSPS) is 11.9. The maximum atomic E-state index is 11.5. The molecule has 2 atom stereocenters. The average molecular weight is 460 g/mol. The summed E-state index contributed by atoms with van der Waals surface area (Å²) in [6, 6.07) is 0. The molecular formula is C20H32N2O10.